The third-order valence-corrected chi connectivity index (χ3v) is 1.64. The van der Waals surface area contributed by atoms with E-state index in [0.717, 1.165) is 0 Å². The van der Waals surface area contributed by atoms with Crippen LogP contribution in [0.2, 0.25) is 0 Å². The van der Waals surface area contributed by atoms with Crippen LogP contribution >= 0.6 is 0 Å². The van der Waals surface area contributed by atoms with E-state index in [9.17, 15) is 14.7 Å². The van der Waals surface area contributed by atoms with Gasteiger partial charge < -0.3 is 0 Å². The van der Waals surface area contributed by atoms with Crippen molar-refractivity contribution >= 4 is 17.1 Å². The smallest absolute Gasteiger partial charge is 0.115 e. The number of benzene rings is 1. The number of hydrogen-bond donors (Lipinski definition) is 0. The highest BCUT2D eigenvalue weighted by Gasteiger charge is 2.08. The van der Waals surface area contributed by atoms with Gasteiger partial charge in [-0.05, 0) is 34.6 Å². The Bertz CT molecular complexity index is 346. The van der Waals surface area contributed by atoms with E-state index >= 15 is 0 Å². The fourth-order valence-electron chi connectivity index (χ4n) is 0.912. The molecule has 0 saturated heterocycles. The standard InChI is InChI=1S/C7H5N3O3/c1-4-6(9-12)2-5(8-11)3-7(4)10-13/h2-3H,1H3. The van der Waals surface area contributed by atoms with Gasteiger partial charge in [0, 0.05) is 5.56 Å². The predicted octanol–water partition coefficient (Wildman–Crippen LogP) is 3.19. The van der Waals surface area contributed by atoms with E-state index in [1.165, 1.54) is 19.1 Å². The first kappa shape index (κ1) is 9.11. The molecule has 0 spiro atoms. The van der Waals surface area contributed by atoms with Crippen LogP contribution in [0.4, 0.5) is 17.1 Å². The lowest BCUT2D eigenvalue weighted by Gasteiger charge is -1.99. The molecule has 66 valence electrons. The molecule has 0 amide bonds. The lowest BCUT2D eigenvalue weighted by Crippen LogP contribution is -1.75. The lowest BCUT2D eigenvalue weighted by atomic mass is 10.1. The first-order chi connectivity index (χ1) is 6.22. The summed E-state index contributed by atoms with van der Waals surface area (Å²) in [5.74, 6) is 0. The van der Waals surface area contributed by atoms with E-state index in [2.05, 4.69) is 15.5 Å². The molecule has 0 radical (unpaired) electrons. The zero-order valence-corrected chi connectivity index (χ0v) is 6.72. The fraction of sp³-hybridized carbons (Fsp3) is 0.143. The van der Waals surface area contributed by atoms with Crippen LogP contribution in [0.3, 0.4) is 0 Å². The van der Waals surface area contributed by atoms with Gasteiger partial charge in [-0.15, -0.1) is 14.7 Å². The molecule has 1 aromatic carbocycles. The molecule has 6 nitrogen and oxygen atoms in total. The first-order valence-corrected chi connectivity index (χ1v) is 3.37. The topological polar surface area (TPSA) is 88.3 Å². The zero-order valence-electron chi connectivity index (χ0n) is 6.72. The Balaban J connectivity index is 3.44. The van der Waals surface area contributed by atoms with Crippen LogP contribution < -0.4 is 0 Å². The Morgan fingerprint density at radius 1 is 0.923 bits per heavy atom. The Kier molecular flexibility index (Phi) is 2.53. The minimum Gasteiger partial charge on any atom is -0.145 e. The SMILES string of the molecule is Cc1c(N=O)cc(N=O)cc1N=O. The first-order valence-electron chi connectivity index (χ1n) is 3.37. The summed E-state index contributed by atoms with van der Waals surface area (Å²) in [6, 6.07) is 2.40. The van der Waals surface area contributed by atoms with E-state index in [1.54, 1.807) is 0 Å². The average molecular weight is 179 g/mol. The van der Waals surface area contributed by atoms with E-state index in [1.807, 2.05) is 0 Å². The van der Waals surface area contributed by atoms with Crippen LogP contribution in [0.15, 0.2) is 27.7 Å². The van der Waals surface area contributed by atoms with Gasteiger partial charge in [0.25, 0.3) is 0 Å². The molecular weight excluding hydrogens is 174 g/mol. The Morgan fingerprint density at radius 3 is 1.69 bits per heavy atom. The lowest BCUT2D eigenvalue weighted by molar-refractivity contribution is 1.32. The molecule has 0 aliphatic carbocycles. The van der Waals surface area contributed by atoms with Crippen molar-refractivity contribution in [3.63, 3.8) is 0 Å². The quantitative estimate of drug-likeness (QED) is 0.667. The highest BCUT2D eigenvalue weighted by atomic mass is 16.3. The molecule has 1 rings (SSSR count). The van der Waals surface area contributed by atoms with Crippen LogP contribution in [0.5, 0.6) is 0 Å². The summed E-state index contributed by atoms with van der Waals surface area (Å²) in [6.07, 6.45) is 0. The van der Waals surface area contributed by atoms with Gasteiger partial charge in [0.05, 0.1) is 0 Å². The van der Waals surface area contributed by atoms with Crippen molar-refractivity contribution in [2.45, 2.75) is 6.92 Å². The summed E-state index contributed by atoms with van der Waals surface area (Å²) in [5, 5.41) is 7.86. The maximum atomic E-state index is 10.2. The molecular formula is C7H5N3O3. The summed E-state index contributed by atoms with van der Waals surface area (Å²) >= 11 is 0. The molecule has 0 fully saturated rings. The highest BCUT2D eigenvalue weighted by molar-refractivity contribution is 5.66. The molecule has 0 aliphatic rings. The average Bonchev–Trinajstić information content (AvgIpc) is 2.18. The zero-order chi connectivity index (χ0) is 9.84. The van der Waals surface area contributed by atoms with Crippen molar-refractivity contribution < 1.29 is 0 Å². The van der Waals surface area contributed by atoms with Crippen LogP contribution in [0.1, 0.15) is 5.56 Å². The minimum atomic E-state index is -0.0326. The monoisotopic (exact) mass is 179 g/mol. The van der Waals surface area contributed by atoms with E-state index in [4.69, 9.17) is 0 Å². The van der Waals surface area contributed by atoms with Crippen molar-refractivity contribution in [1.82, 2.24) is 0 Å². The van der Waals surface area contributed by atoms with Gasteiger partial charge >= 0.3 is 0 Å². The van der Waals surface area contributed by atoms with Crippen LogP contribution in [-0.4, -0.2) is 0 Å². The van der Waals surface area contributed by atoms with Gasteiger partial charge in [-0.3, -0.25) is 0 Å². The Morgan fingerprint density at radius 2 is 1.38 bits per heavy atom. The summed E-state index contributed by atoms with van der Waals surface area (Å²) in [6.45, 7) is 1.52. The molecule has 13 heavy (non-hydrogen) atoms. The number of rotatable bonds is 3. The highest BCUT2D eigenvalue weighted by Crippen LogP contribution is 2.33. The largest absolute Gasteiger partial charge is 0.145 e. The van der Waals surface area contributed by atoms with E-state index in [0.29, 0.717) is 5.56 Å². The van der Waals surface area contributed by atoms with Crippen molar-refractivity contribution in [3.05, 3.63) is 32.4 Å². The summed E-state index contributed by atoms with van der Waals surface area (Å²) < 4.78 is 0. The molecule has 0 saturated carbocycles. The maximum absolute atomic E-state index is 10.2. The Labute approximate surface area is 72.9 Å². The predicted molar refractivity (Wildman–Crippen MR) is 47.5 cm³/mol. The second-order valence-corrected chi connectivity index (χ2v) is 2.38. The normalized spacial score (nSPS) is 9.31. The molecule has 0 atom stereocenters. The molecule has 6 heteroatoms. The van der Waals surface area contributed by atoms with Crippen molar-refractivity contribution in [2.75, 3.05) is 0 Å². The third-order valence-electron chi connectivity index (χ3n) is 1.64. The van der Waals surface area contributed by atoms with Gasteiger partial charge in [0.1, 0.15) is 17.1 Å². The molecule has 1 aromatic rings. The van der Waals surface area contributed by atoms with Crippen LogP contribution in [0.25, 0.3) is 0 Å². The van der Waals surface area contributed by atoms with Crippen LogP contribution in [-0.2, 0) is 0 Å². The number of hydrogen-bond acceptors (Lipinski definition) is 6. The van der Waals surface area contributed by atoms with Gasteiger partial charge in [-0.1, -0.05) is 0 Å². The second kappa shape index (κ2) is 3.61. The van der Waals surface area contributed by atoms with Gasteiger partial charge in [-0.25, -0.2) is 0 Å². The summed E-state index contributed by atoms with van der Waals surface area (Å²) in [4.78, 5) is 30.6. The van der Waals surface area contributed by atoms with Crippen molar-refractivity contribution in [3.8, 4) is 0 Å². The summed E-state index contributed by atoms with van der Waals surface area (Å²) in [5.41, 5.74) is 0.325. The fourth-order valence-corrected chi connectivity index (χ4v) is 0.912. The van der Waals surface area contributed by atoms with E-state index in [-0.39, 0.29) is 17.1 Å². The molecule has 0 N–H and O–H groups in total. The Hall–Kier alpha value is -1.98. The number of nitroso groups, excluding NO2 is 3. The molecule has 0 aromatic heterocycles. The molecule has 0 unspecified atom stereocenters. The third kappa shape index (κ3) is 1.61. The molecule has 0 heterocycles. The summed E-state index contributed by atoms with van der Waals surface area (Å²) in [7, 11) is 0. The van der Waals surface area contributed by atoms with Crippen molar-refractivity contribution in [1.29, 1.82) is 0 Å². The van der Waals surface area contributed by atoms with E-state index < -0.39 is 0 Å². The number of nitrogens with zero attached hydrogens (tertiary/aromatic N) is 3. The van der Waals surface area contributed by atoms with Gasteiger partial charge in [-0.2, -0.15) is 0 Å². The van der Waals surface area contributed by atoms with Crippen LogP contribution in [0, 0.1) is 21.6 Å². The minimum absolute atomic E-state index is 0.00620. The second-order valence-electron chi connectivity index (χ2n) is 2.38. The molecule has 0 aliphatic heterocycles. The molecule has 0 bridgehead atoms. The van der Waals surface area contributed by atoms with Crippen molar-refractivity contribution in [2.24, 2.45) is 15.5 Å². The van der Waals surface area contributed by atoms with Gasteiger partial charge in [0.15, 0.2) is 0 Å². The maximum Gasteiger partial charge on any atom is 0.115 e. The van der Waals surface area contributed by atoms with Gasteiger partial charge in [0.2, 0.25) is 0 Å².